The van der Waals surface area contributed by atoms with Gasteiger partial charge in [0.15, 0.2) is 6.61 Å². The van der Waals surface area contributed by atoms with Gasteiger partial charge in [0.25, 0.3) is 11.8 Å². The highest BCUT2D eigenvalue weighted by Crippen LogP contribution is 2.26. The second-order valence-corrected chi connectivity index (χ2v) is 7.61. The van der Waals surface area contributed by atoms with Crippen LogP contribution < -0.4 is 15.5 Å². The highest BCUT2D eigenvalue weighted by Gasteiger charge is 2.18. The molecule has 2 amide bonds. The molecule has 0 aliphatic carbocycles. The SMILES string of the molecule is O=C(COC(=O)c1ccccc1NC(=O)c1ccccc1)Nc1ccccc1N1CCOCC1. The van der Waals surface area contributed by atoms with E-state index < -0.39 is 18.5 Å². The number of para-hydroxylation sites is 3. The predicted octanol–water partition coefficient (Wildman–Crippen LogP) is 3.57. The number of rotatable bonds is 7. The highest BCUT2D eigenvalue weighted by molar-refractivity contribution is 6.08. The fourth-order valence-electron chi connectivity index (χ4n) is 3.61. The molecule has 0 saturated carbocycles. The Morgan fingerprint density at radius 1 is 0.794 bits per heavy atom. The van der Waals surface area contributed by atoms with Gasteiger partial charge in [0.1, 0.15) is 0 Å². The van der Waals surface area contributed by atoms with Gasteiger partial charge < -0.3 is 25.0 Å². The Morgan fingerprint density at radius 2 is 1.44 bits per heavy atom. The summed E-state index contributed by atoms with van der Waals surface area (Å²) in [5, 5.41) is 5.54. The summed E-state index contributed by atoms with van der Waals surface area (Å²) < 4.78 is 10.6. The normalized spacial score (nSPS) is 13.1. The lowest BCUT2D eigenvalue weighted by Gasteiger charge is -2.30. The maximum atomic E-state index is 12.7. The van der Waals surface area contributed by atoms with Gasteiger partial charge in [-0.25, -0.2) is 4.79 Å². The minimum absolute atomic E-state index is 0.160. The summed E-state index contributed by atoms with van der Waals surface area (Å²) in [4.78, 5) is 39.8. The van der Waals surface area contributed by atoms with Crippen molar-refractivity contribution in [3.8, 4) is 0 Å². The Balaban J connectivity index is 1.37. The van der Waals surface area contributed by atoms with Crippen LogP contribution in [0.2, 0.25) is 0 Å². The molecule has 1 saturated heterocycles. The number of amides is 2. The third kappa shape index (κ3) is 5.79. The summed E-state index contributed by atoms with van der Waals surface area (Å²) in [6, 6.07) is 22.6. The third-order valence-corrected chi connectivity index (χ3v) is 5.30. The van der Waals surface area contributed by atoms with Crippen LogP contribution in [0.25, 0.3) is 0 Å². The van der Waals surface area contributed by atoms with Crippen molar-refractivity contribution in [2.75, 3.05) is 48.4 Å². The standard InChI is InChI=1S/C26H25N3O5/c30-24(27-22-12-6-7-13-23(22)29-14-16-33-17-15-29)18-34-26(32)20-10-4-5-11-21(20)28-25(31)19-8-2-1-3-9-19/h1-13H,14-18H2,(H,27,30)(H,28,31). The first-order valence-corrected chi connectivity index (χ1v) is 11.0. The van der Waals surface area contributed by atoms with Gasteiger partial charge in [0.05, 0.1) is 35.8 Å². The van der Waals surface area contributed by atoms with E-state index >= 15 is 0 Å². The summed E-state index contributed by atoms with van der Waals surface area (Å²) in [5.41, 5.74) is 2.46. The molecule has 0 spiro atoms. The molecular formula is C26H25N3O5. The average Bonchev–Trinajstić information content (AvgIpc) is 2.89. The van der Waals surface area contributed by atoms with Crippen LogP contribution in [0, 0.1) is 0 Å². The third-order valence-electron chi connectivity index (χ3n) is 5.30. The van der Waals surface area contributed by atoms with Crippen molar-refractivity contribution >= 4 is 34.8 Å². The van der Waals surface area contributed by atoms with E-state index in [0.29, 0.717) is 30.2 Å². The molecule has 1 aliphatic rings. The molecule has 8 heteroatoms. The minimum atomic E-state index is -0.708. The number of ether oxygens (including phenoxy) is 2. The molecule has 1 aliphatic heterocycles. The first-order valence-electron chi connectivity index (χ1n) is 11.0. The number of esters is 1. The zero-order valence-corrected chi connectivity index (χ0v) is 18.5. The molecule has 0 bridgehead atoms. The van der Waals surface area contributed by atoms with E-state index in [1.807, 2.05) is 24.3 Å². The molecule has 2 N–H and O–H groups in total. The lowest BCUT2D eigenvalue weighted by molar-refractivity contribution is -0.119. The number of nitrogens with one attached hydrogen (secondary N) is 2. The van der Waals surface area contributed by atoms with Crippen LogP contribution in [-0.2, 0) is 14.3 Å². The van der Waals surface area contributed by atoms with E-state index in [2.05, 4.69) is 15.5 Å². The van der Waals surface area contributed by atoms with Crippen molar-refractivity contribution in [1.82, 2.24) is 0 Å². The van der Waals surface area contributed by atoms with Crippen molar-refractivity contribution in [1.29, 1.82) is 0 Å². The molecule has 8 nitrogen and oxygen atoms in total. The van der Waals surface area contributed by atoms with Crippen molar-refractivity contribution in [2.45, 2.75) is 0 Å². The van der Waals surface area contributed by atoms with E-state index in [4.69, 9.17) is 9.47 Å². The Kier molecular flexibility index (Phi) is 7.52. The number of carbonyl (C=O) groups is 3. The maximum Gasteiger partial charge on any atom is 0.340 e. The second kappa shape index (κ2) is 11.1. The lowest BCUT2D eigenvalue weighted by Crippen LogP contribution is -2.36. The first kappa shape index (κ1) is 23.0. The van der Waals surface area contributed by atoms with Crippen LogP contribution >= 0.6 is 0 Å². The van der Waals surface area contributed by atoms with E-state index in [9.17, 15) is 14.4 Å². The largest absolute Gasteiger partial charge is 0.452 e. The van der Waals surface area contributed by atoms with Gasteiger partial charge in [0, 0.05) is 18.7 Å². The van der Waals surface area contributed by atoms with Crippen LogP contribution in [-0.4, -0.2) is 50.7 Å². The van der Waals surface area contributed by atoms with E-state index in [-0.39, 0.29) is 11.5 Å². The summed E-state index contributed by atoms with van der Waals surface area (Å²) >= 11 is 0. The van der Waals surface area contributed by atoms with E-state index in [0.717, 1.165) is 18.8 Å². The van der Waals surface area contributed by atoms with Crippen molar-refractivity contribution in [3.63, 3.8) is 0 Å². The Hall–Kier alpha value is -4.17. The molecule has 0 atom stereocenters. The number of anilines is 3. The fourth-order valence-corrected chi connectivity index (χ4v) is 3.61. The van der Waals surface area contributed by atoms with Crippen LogP contribution in [0.1, 0.15) is 20.7 Å². The Labute approximate surface area is 197 Å². The first-order chi connectivity index (χ1) is 16.6. The molecule has 0 unspecified atom stereocenters. The lowest BCUT2D eigenvalue weighted by atomic mass is 10.1. The van der Waals surface area contributed by atoms with Gasteiger partial charge in [-0.1, -0.05) is 42.5 Å². The van der Waals surface area contributed by atoms with Gasteiger partial charge in [0.2, 0.25) is 0 Å². The summed E-state index contributed by atoms with van der Waals surface area (Å²) in [5.74, 6) is -1.52. The van der Waals surface area contributed by atoms with Gasteiger partial charge in [-0.3, -0.25) is 9.59 Å². The van der Waals surface area contributed by atoms with Gasteiger partial charge >= 0.3 is 5.97 Å². The molecule has 174 valence electrons. The number of morpholine rings is 1. The highest BCUT2D eigenvalue weighted by atomic mass is 16.5. The molecule has 34 heavy (non-hydrogen) atoms. The van der Waals surface area contributed by atoms with E-state index in [1.165, 1.54) is 6.07 Å². The zero-order valence-electron chi connectivity index (χ0n) is 18.5. The van der Waals surface area contributed by atoms with E-state index in [1.54, 1.807) is 48.5 Å². The summed E-state index contributed by atoms with van der Waals surface area (Å²) in [7, 11) is 0. The van der Waals surface area contributed by atoms with Gasteiger partial charge in [-0.2, -0.15) is 0 Å². The minimum Gasteiger partial charge on any atom is -0.452 e. The summed E-state index contributed by atoms with van der Waals surface area (Å²) in [6.45, 7) is 2.25. The Morgan fingerprint density at radius 3 is 2.21 bits per heavy atom. The van der Waals surface area contributed by atoms with Crippen LogP contribution in [0.3, 0.4) is 0 Å². The maximum absolute atomic E-state index is 12.7. The second-order valence-electron chi connectivity index (χ2n) is 7.61. The molecule has 3 aromatic carbocycles. The number of benzene rings is 3. The van der Waals surface area contributed by atoms with Crippen molar-refractivity contribution < 1.29 is 23.9 Å². The van der Waals surface area contributed by atoms with Gasteiger partial charge in [-0.05, 0) is 36.4 Å². The number of nitrogens with zero attached hydrogens (tertiary/aromatic N) is 1. The van der Waals surface area contributed by atoms with Crippen molar-refractivity contribution in [3.05, 3.63) is 90.0 Å². The fraction of sp³-hybridized carbons (Fsp3) is 0.192. The molecular weight excluding hydrogens is 434 g/mol. The topological polar surface area (TPSA) is 97.0 Å². The average molecular weight is 460 g/mol. The summed E-state index contributed by atoms with van der Waals surface area (Å²) in [6.07, 6.45) is 0. The molecule has 0 radical (unpaired) electrons. The van der Waals surface area contributed by atoms with Gasteiger partial charge in [-0.15, -0.1) is 0 Å². The smallest absolute Gasteiger partial charge is 0.340 e. The Bertz CT molecular complexity index is 1160. The molecule has 0 aromatic heterocycles. The van der Waals surface area contributed by atoms with Crippen molar-refractivity contribution in [2.24, 2.45) is 0 Å². The zero-order chi connectivity index (χ0) is 23.8. The molecule has 1 fully saturated rings. The quantitative estimate of drug-likeness (QED) is 0.525. The van der Waals surface area contributed by atoms with Crippen LogP contribution in [0.15, 0.2) is 78.9 Å². The number of hydrogen-bond acceptors (Lipinski definition) is 6. The predicted molar refractivity (Wildman–Crippen MR) is 129 cm³/mol. The molecule has 1 heterocycles. The monoisotopic (exact) mass is 459 g/mol. The number of carbonyl (C=O) groups excluding carboxylic acids is 3. The molecule has 3 aromatic rings. The van der Waals surface area contributed by atoms with Crippen LogP contribution in [0.4, 0.5) is 17.1 Å². The number of hydrogen-bond donors (Lipinski definition) is 2. The molecule has 4 rings (SSSR count). The van der Waals surface area contributed by atoms with Crippen LogP contribution in [0.5, 0.6) is 0 Å².